The Labute approximate surface area is 180 Å². The van der Waals surface area contributed by atoms with Crippen LogP contribution < -0.4 is 15.0 Å². The monoisotopic (exact) mass is 416 g/mol. The number of carbonyl (C=O) groups is 2. The predicted molar refractivity (Wildman–Crippen MR) is 119 cm³/mol. The minimum atomic E-state index is -0.528. The Kier molecular flexibility index (Phi) is 8.10. The average molecular weight is 417 g/mol. The van der Waals surface area contributed by atoms with E-state index >= 15 is 0 Å². The number of hydrogen-bond acceptors (Lipinski definition) is 5. The zero-order valence-electron chi connectivity index (χ0n) is 18.7. The van der Waals surface area contributed by atoms with Crippen LogP contribution in [0, 0.1) is 6.92 Å². The van der Waals surface area contributed by atoms with Gasteiger partial charge in [0.2, 0.25) is 5.91 Å². The third kappa shape index (κ3) is 5.73. The smallest absolute Gasteiger partial charge is 0.268 e. The Balaban J connectivity index is 1.45. The molecule has 0 bridgehead atoms. The lowest BCUT2D eigenvalue weighted by atomic mass is 10.1. The lowest BCUT2D eigenvalue weighted by Gasteiger charge is -2.34. The van der Waals surface area contributed by atoms with Crippen molar-refractivity contribution in [3.63, 3.8) is 0 Å². The molecule has 1 unspecified atom stereocenters. The van der Waals surface area contributed by atoms with E-state index in [1.807, 2.05) is 32.0 Å². The SMILES string of the molecule is CCCN1CCN(CCCNC(=O)CN2C(=O)C(CC)Oc3ccc(C)cc32)CC1. The van der Waals surface area contributed by atoms with Crippen LogP contribution in [-0.2, 0) is 9.59 Å². The highest BCUT2D eigenvalue weighted by atomic mass is 16.5. The van der Waals surface area contributed by atoms with Crippen LogP contribution in [-0.4, -0.2) is 80.1 Å². The van der Waals surface area contributed by atoms with E-state index in [0.717, 1.165) is 44.7 Å². The van der Waals surface area contributed by atoms with Crippen molar-refractivity contribution in [2.45, 2.75) is 46.1 Å². The van der Waals surface area contributed by atoms with Gasteiger partial charge >= 0.3 is 0 Å². The summed E-state index contributed by atoms with van der Waals surface area (Å²) in [5, 5.41) is 2.99. The maximum absolute atomic E-state index is 12.8. The molecule has 7 heteroatoms. The van der Waals surface area contributed by atoms with Crippen molar-refractivity contribution in [2.24, 2.45) is 0 Å². The van der Waals surface area contributed by atoms with Crippen molar-refractivity contribution >= 4 is 17.5 Å². The summed E-state index contributed by atoms with van der Waals surface area (Å²) in [6.45, 7) is 13.4. The Morgan fingerprint density at radius 3 is 2.50 bits per heavy atom. The second-order valence-electron chi connectivity index (χ2n) is 8.30. The molecule has 1 fully saturated rings. The Bertz CT molecular complexity index is 731. The molecule has 7 nitrogen and oxygen atoms in total. The van der Waals surface area contributed by atoms with Crippen LogP contribution in [0.4, 0.5) is 5.69 Å². The van der Waals surface area contributed by atoms with Gasteiger partial charge in [-0.1, -0.05) is 19.9 Å². The Morgan fingerprint density at radius 2 is 1.83 bits per heavy atom. The minimum Gasteiger partial charge on any atom is -0.478 e. The first-order valence-corrected chi connectivity index (χ1v) is 11.3. The highest BCUT2D eigenvalue weighted by molar-refractivity contribution is 6.03. The van der Waals surface area contributed by atoms with Crippen molar-refractivity contribution in [1.29, 1.82) is 0 Å². The van der Waals surface area contributed by atoms with E-state index in [1.165, 1.54) is 13.0 Å². The maximum Gasteiger partial charge on any atom is 0.268 e. The van der Waals surface area contributed by atoms with Crippen molar-refractivity contribution in [2.75, 3.05) is 57.3 Å². The third-order valence-electron chi connectivity index (χ3n) is 5.87. The standard InChI is InChI=1S/C23H36N4O3/c1-4-10-25-12-14-26(15-13-25)11-6-9-24-22(28)17-27-19-16-18(3)7-8-21(19)30-20(5-2)23(27)29/h7-8,16,20H,4-6,9-15,17H2,1-3H3,(H,24,28). The summed E-state index contributed by atoms with van der Waals surface area (Å²) in [5.41, 5.74) is 1.72. The molecule has 2 aliphatic heterocycles. The van der Waals surface area contributed by atoms with Crippen LogP contribution in [0.1, 0.15) is 38.7 Å². The highest BCUT2D eigenvalue weighted by Crippen LogP contribution is 2.35. The zero-order chi connectivity index (χ0) is 21.5. The fourth-order valence-corrected chi connectivity index (χ4v) is 4.14. The molecule has 2 amide bonds. The Morgan fingerprint density at radius 1 is 1.13 bits per heavy atom. The number of benzene rings is 1. The number of nitrogens with zero attached hydrogens (tertiary/aromatic N) is 3. The molecule has 1 saturated heterocycles. The largest absolute Gasteiger partial charge is 0.478 e. The van der Waals surface area contributed by atoms with Gasteiger partial charge < -0.3 is 19.9 Å². The molecule has 166 valence electrons. The van der Waals surface area contributed by atoms with E-state index in [2.05, 4.69) is 22.0 Å². The van der Waals surface area contributed by atoms with Crippen LogP contribution in [0.3, 0.4) is 0 Å². The van der Waals surface area contributed by atoms with Crippen molar-refractivity contribution in [1.82, 2.24) is 15.1 Å². The average Bonchev–Trinajstić information content (AvgIpc) is 2.74. The molecule has 1 aromatic carbocycles. The van der Waals surface area contributed by atoms with Crippen LogP contribution in [0.5, 0.6) is 5.75 Å². The van der Waals surface area contributed by atoms with E-state index in [0.29, 0.717) is 24.4 Å². The van der Waals surface area contributed by atoms with E-state index in [9.17, 15) is 9.59 Å². The number of amides is 2. The molecule has 0 aliphatic carbocycles. The second kappa shape index (κ2) is 10.8. The van der Waals surface area contributed by atoms with Gasteiger partial charge in [-0.05, 0) is 57.0 Å². The minimum absolute atomic E-state index is 0.0326. The molecule has 1 aromatic rings. The zero-order valence-corrected chi connectivity index (χ0v) is 18.7. The number of nitrogens with one attached hydrogen (secondary N) is 1. The normalized spacial score (nSPS) is 20.0. The van der Waals surface area contributed by atoms with Gasteiger partial charge in [0.05, 0.1) is 5.69 Å². The molecule has 3 rings (SSSR count). The molecule has 0 aromatic heterocycles. The first-order chi connectivity index (χ1) is 14.5. The quantitative estimate of drug-likeness (QED) is 0.624. The third-order valence-corrected chi connectivity index (χ3v) is 5.87. The summed E-state index contributed by atoms with van der Waals surface area (Å²) in [7, 11) is 0. The first kappa shape index (κ1) is 22.6. The van der Waals surface area contributed by atoms with Crippen molar-refractivity contribution < 1.29 is 14.3 Å². The summed E-state index contributed by atoms with van der Waals surface area (Å²) in [6.07, 6.45) is 2.18. The number of anilines is 1. The molecular weight excluding hydrogens is 380 g/mol. The van der Waals surface area contributed by atoms with E-state index in [1.54, 1.807) is 4.90 Å². The fourth-order valence-electron chi connectivity index (χ4n) is 4.14. The molecule has 1 N–H and O–H groups in total. The summed E-state index contributed by atoms with van der Waals surface area (Å²) < 4.78 is 5.82. The Hall–Kier alpha value is -2.12. The van der Waals surface area contributed by atoms with E-state index in [-0.39, 0.29) is 18.4 Å². The number of fused-ring (bicyclic) bond motifs is 1. The highest BCUT2D eigenvalue weighted by Gasteiger charge is 2.34. The fraction of sp³-hybridized carbons (Fsp3) is 0.652. The molecule has 0 spiro atoms. The maximum atomic E-state index is 12.8. The van der Waals surface area contributed by atoms with Crippen molar-refractivity contribution in [3.8, 4) is 5.75 Å². The van der Waals surface area contributed by atoms with Gasteiger partial charge in [0.25, 0.3) is 5.91 Å². The number of rotatable bonds is 9. The first-order valence-electron chi connectivity index (χ1n) is 11.3. The van der Waals surface area contributed by atoms with Crippen LogP contribution >= 0.6 is 0 Å². The van der Waals surface area contributed by atoms with E-state index in [4.69, 9.17) is 4.74 Å². The van der Waals surface area contributed by atoms with Crippen molar-refractivity contribution in [3.05, 3.63) is 23.8 Å². The second-order valence-corrected chi connectivity index (χ2v) is 8.30. The van der Waals surface area contributed by atoms with Gasteiger partial charge in [-0.2, -0.15) is 0 Å². The van der Waals surface area contributed by atoms with Gasteiger partial charge in [-0.25, -0.2) is 0 Å². The van der Waals surface area contributed by atoms with Gasteiger partial charge in [-0.15, -0.1) is 0 Å². The number of piperazine rings is 1. The summed E-state index contributed by atoms with van der Waals surface area (Å²) in [6, 6.07) is 5.75. The van der Waals surface area contributed by atoms with Gasteiger partial charge in [0.15, 0.2) is 6.10 Å². The summed E-state index contributed by atoms with van der Waals surface area (Å²) in [4.78, 5) is 31.9. The number of hydrogen-bond donors (Lipinski definition) is 1. The number of ether oxygens (including phenoxy) is 1. The molecular formula is C23H36N4O3. The lowest BCUT2D eigenvalue weighted by Crippen LogP contribution is -2.50. The van der Waals surface area contributed by atoms with E-state index < -0.39 is 6.10 Å². The van der Waals surface area contributed by atoms with Gasteiger partial charge in [0, 0.05) is 32.7 Å². The van der Waals surface area contributed by atoms with Crippen LogP contribution in [0.25, 0.3) is 0 Å². The summed E-state index contributed by atoms with van der Waals surface area (Å²) >= 11 is 0. The van der Waals surface area contributed by atoms with Crippen LogP contribution in [0.15, 0.2) is 18.2 Å². The summed E-state index contributed by atoms with van der Waals surface area (Å²) in [5.74, 6) is 0.401. The lowest BCUT2D eigenvalue weighted by molar-refractivity contribution is -0.129. The predicted octanol–water partition coefficient (Wildman–Crippen LogP) is 2.03. The van der Waals surface area contributed by atoms with Gasteiger partial charge in [0.1, 0.15) is 12.3 Å². The van der Waals surface area contributed by atoms with Gasteiger partial charge in [-0.3, -0.25) is 14.5 Å². The molecule has 2 heterocycles. The molecule has 30 heavy (non-hydrogen) atoms. The number of carbonyl (C=O) groups excluding carboxylic acids is 2. The molecule has 0 radical (unpaired) electrons. The molecule has 0 saturated carbocycles. The molecule has 1 atom stereocenters. The topological polar surface area (TPSA) is 65.1 Å². The van der Waals surface area contributed by atoms with Crippen LogP contribution in [0.2, 0.25) is 0 Å². The molecule has 2 aliphatic rings. The number of aryl methyl sites for hydroxylation is 1.